The third-order valence-electron chi connectivity index (χ3n) is 3.36. The Balaban J connectivity index is 1.82. The number of carbonyl (C=O) groups is 1. The molecule has 0 spiro atoms. The molecule has 0 aromatic carbocycles. The number of aryl methyl sites for hydroxylation is 2. The van der Waals surface area contributed by atoms with E-state index in [9.17, 15) is 4.79 Å². The Bertz CT molecular complexity index is 602. The molecule has 0 radical (unpaired) electrons. The van der Waals surface area contributed by atoms with Crippen LogP contribution in [0.5, 0.6) is 0 Å². The van der Waals surface area contributed by atoms with Crippen LogP contribution in [0.15, 0.2) is 5.38 Å². The monoisotopic (exact) mass is 276 g/mol. The Morgan fingerprint density at radius 1 is 1.37 bits per heavy atom. The first-order valence-corrected chi connectivity index (χ1v) is 7.41. The number of nitrogens with one attached hydrogen (secondary N) is 2. The van der Waals surface area contributed by atoms with E-state index in [-0.39, 0.29) is 5.91 Å². The first-order valence-electron chi connectivity index (χ1n) is 6.53. The maximum atomic E-state index is 12.2. The molecule has 0 saturated heterocycles. The van der Waals surface area contributed by atoms with Gasteiger partial charge in [0.25, 0.3) is 5.91 Å². The minimum Gasteiger partial charge on any atom is -0.296 e. The van der Waals surface area contributed by atoms with Gasteiger partial charge < -0.3 is 0 Å². The first kappa shape index (κ1) is 12.3. The van der Waals surface area contributed by atoms with Gasteiger partial charge >= 0.3 is 0 Å². The average Bonchev–Trinajstić information content (AvgIpc) is 2.90. The second-order valence-corrected chi connectivity index (χ2v) is 5.70. The SMILES string of the molecule is Cc1csc(NC(=O)c2n[nH]c3c2CCCCC3)n1. The smallest absolute Gasteiger partial charge is 0.278 e. The number of aromatic nitrogens is 3. The van der Waals surface area contributed by atoms with Crippen molar-refractivity contribution in [1.29, 1.82) is 0 Å². The molecule has 0 atom stereocenters. The first-order chi connectivity index (χ1) is 9.24. The van der Waals surface area contributed by atoms with E-state index in [1.54, 1.807) is 0 Å². The highest BCUT2D eigenvalue weighted by Crippen LogP contribution is 2.23. The van der Waals surface area contributed by atoms with Gasteiger partial charge in [-0.1, -0.05) is 6.42 Å². The molecule has 19 heavy (non-hydrogen) atoms. The van der Waals surface area contributed by atoms with Gasteiger partial charge in [-0.15, -0.1) is 11.3 Å². The molecule has 0 bridgehead atoms. The fourth-order valence-corrected chi connectivity index (χ4v) is 3.10. The average molecular weight is 276 g/mol. The van der Waals surface area contributed by atoms with Gasteiger partial charge in [0.15, 0.2) is 10.8 Å². The summed E-state index contributed by atoms with van der Waals surface area (Å²) in [6.45, 7) is 1.91. The van der Waals surface area contributed by atoms with Crippen LogP contribution >= 0.6 is 11.3 Å². The molecular formula is C13H16N4OS. The minimum absolute atomic E-state index is 0.159. The molecule has 2 aromatic rings. The largest absolute Gasteiger partial charge is 0.296 e. The zero-order chi connectivity index (χ0) is 13.2. The number of hydrogen-bond donors (Lipinski definition) is 2. The topological polar surface area (TPSA) is 70.7 Å². The predicted octanol–water partition coefficient (Wildman–Crippen LogP) is 2.70. The van der Waals surface area contributed by atoms with Crippen molar-refractivity contribution in [1.82, 2.24) is 15.2 Å². The number of hydrogen-bond acceptors (Lipinski definition) is 4. The van der Waals surface area contributed by atoms with Gasteiger partial charge in [0.2, 0.25) is 0 Å². The van der Waals surface area contributed by atoms with Crippen LogP contribution in [-0.4, -0.2) is 21.1 Å². The Morgan fingerprint density at radius 3 is 3.00 bits per heavy atom. The maximum Gasteiger partial charge on any atom is 0.278 e. The lowest BCUT2D eigenvalue weighted by Crippen LogP contribution is -2.14. The van der Waals surface area contributed by atoms with Gasteiger partial charge in [0, 0.05) is 16.6 Å². The van der Waals surface area contributed by atoms with Crippen molar-refractivity contribution in [2.24, 2.45) is 0 Å². The van der Waals surface area contributed by atoms with E-state index in [1.807, 2.05) is 12.3 Å². The van der Waals surface area contributed by atoms with Crippen LogP contribution in [0, 0.1) is 6.92 Å². The van der Waals surface area contributed by atoms with Crippen LogP contribution in [0.2, 0.25) is 0 Å². The van der Waals surface area contributed by atoms with E-state index in [2.05, 4.69) is 20.5 Å². The molecule has 0 unspecified atom stereocenters. The zero-order valence-corrected chi connectivity index (χ0v) is 11.6. The van der Waals surface area contributed by atoms with Gasteiger partial charge in [0.1, 0.15) is 0 Å². The van der Waals surface area contributed by atoms with E-state index < -0.39 is 0 Å². The molecule has 6 heteroatoms. The predicted molar refractivity (Wildman–Crippen MR) is 74.7 cm³/mol. The number of thiazole rings is 1. The fraction of sp³-hybridized carbons (Fsp3) is 0.462. The van der Waals surface area contributed by atoms with E-state index in [0.29, 0.717) is 10.8 Å². The summed E-state index contributed by atoms with van der Waals surface area (Å²) in [7, 11) is 0. The maximum absolute atomic E-state index is 12.2. The van der Waals surface area contributed by atoms with Crippen molar-refractivity contribution < 1.29 is 4.79 Å². The molecule has 2 N–H and O–H groups in total. The van der Waals surface area contributed by atoms with Crippen LogP contribution in [0.25, 0.3) is 0 Å². The third kappa shape index (κ3) is 2.53. The number of nitrogens with zero attached hydrogens (tertiary/aromatic N) is 2. The van der Waals surface area contributed by atoms with Crippen molar-refractivity contribution in [3.63, 3.8) is 0 Å². The Morgan fingerprint density at radius 2 is 2.21 bits per heavy atom. The summed E-state index contributed by atoms with van der Waals surface area (Å²) in [5.74, 6) is -0.159. The van der Waals surface area contributed by atoms with Crippen LogP contribution in [0.3, 0.4) is 0 Å². The van der Waals surface area contributed by atoms with Gasteiger partial charge in [-0.05, 0) is 32.6 Å². The number of aromatic amines is 1. The highest BCUT2D eigenvalue weighted by Gasteiger charge is 2.21. The normalized spacial score (nSPS) is 14.8. The van der Waals surface area contributed by atoms with Crippen molar-refractivity contribution in [3.8, 4) is 0 Å². The fourth-order valence-electron chi connectivity index (χ4n) is 2.41. The Kier molecular flexibility index (Phi) is 3.33. The highest BCUT2D eigenvalue weighted by atomic mass is 32.1. The molecule has 2 aromatic heterocycles. The molecule has 1 amide bonds. The molecule has 1 aliphatic carbocycles. The number of carbonyl (C=O) groups excluding carboxylic acids is 1. The molecule has 3 rings (SSSR count). The van der Waals surface area contributed by atoms with Gasteiger partial charge in [-0.25, -0.2) is 4.98 Å². The molecule has 0 saturated carbocycles. The summed E-state index contributed by atoms with van der Waals surface area (Å²) >= 11 is 1.44. The van der Waals surface area contributed by atoms with E-state index in [0.717, 1.165) is 36.2 Å². The summed E-state index contributed by atoms with van der Waals surface area (Å²) in [4.78, 5) is 16.5. The number of anilines is 1. The highest BCUT2D eigenvalue weighted by molar-refractivity contribution is 7.13. The molecule has 100 valence electrons. The van der Waals surface area contributed by atoms with Crippen LogP contribution in [0.4, 0.5) is 5.13 Å². The van der Waals surface area contributed by atoms with Crippen molar-refractivity contribution >= 4 is 22.4 Å². The Labute approximate surface area is 115 Å². The molecule has 1 aliphatic rings. The summed E-state index contributed by atoms with van der Waals surface area (Å²) in [5, 5.41) is 12.6. The molecule has 0 aliphatic heterocycles. The quantitative estimate of drug-likeness (QED) is 0.828. The van der Waals surface area contributed by atoms with Crippen LogP contribution in [-0.2, 0) is 12.8 Å². The lowest BCUT2D eigenvalue weighted by Gasteiger charge is -2.02. The summed E-state index contributed by atoms with van der Waals surface area (Å²) in [6.07, 6.45) is 5.44. The van der Waals surface area contributed by atoms with E-state index >= 15 is 0 Å². The Hall–Kier alpha value is -1.69. The molecule has 0 fully saturated rings. The third-order valence-corrected chi connectivity index (χ3v) is 4.24. The minimum atomic E-state index is -0.159. The van der Waals surface area contributed by atoms with E-state index in [4.69, 9.17) is 0 Å². The second-order valence-electron chi connectivity index (χ2n) is 4.84. The number of H-pyrrole nitrogens is 1. The van der Waals surface area contributed by atoms with E-state index in [1.165, 1.54) is 24.2 Å². The van der Waals surface area contributed by atoms with Gasteiger partial charge in [0.05, 0.1) is 5.69 Å². The van der Waals surface area contributed by atoms with Crippen molar-refractivity contribution in [2.75, 3.05) is 5.32 Å². The lowest BCUT2D eigenvalue weighted by atomic mass is 10.1. The number of amides is 1. The second kappa shape index (κ2) is 5.13. The summed E-state index contributed by atoms with van der Waals surface area (Å²) in [6, 6.07) is 0. The molecule has 5 nitrogen and oxygen atoms in total. The van der Waals surface area contributed by atoms with Crippen LogP contribution < -0.4 is 5.32 Å². The van der Waals surface area contributed by atoms with Gasteiger partial charge in [-0.2, -0.15) is 5.10 Å². The van der Waals surface area contributed by atoms with Crippen molar-refractivity contribution in [2.45, 2.75) is 39.0 Å². The standard InChI is InChI=1S/C13H16N4OS/c1-8-7-19-13(14-8)15-12(18)11-9-5-3-2-4-6-10(9)16-17-11/h7H,2-6H2,1H3,(H,16,17)(H,14,15,18). The number of fused-ring (bicyclic) bond motifs is 1. The molecule has 2 heterocycles. The lowest BCUT2D eigenvalue weighted by molar-refractivity contribution is 0.102. The summed E-state index contributed by atoms with van der Waals surface area (Å²) in [5.41, 5.74) is 3.66. The zero-order valence-electron chi connectivity index (χ0n) is 10.8. The molecular weight excluding hydrogens is 260 g/mol. The van der Waals surface area contributed by atoms with Crippen molar-refractivity contribution in [3.05, 3.63) is 28.0 Å². The van der Waals surface area contributed by atoms with Gasteiger partial charge in [-0.3, -0.25) is 15.2 Å². The summed E-state index contributed by atoms with van der Waals surface area (Å²) < 4.78 is 0. The number of rotatable bonds is 2. The van der Waals surface area contributed by atoms with Crippen LogP contribution in [0.1, 0.15) is 46.7 Å².